The molecule has 0 aliphatic carbocycles. The maximum absolute atomic E-state index is 13.0. The average molecular weight is 380 g/mol. The predicted octanol–water partition coefficient (Wildman–Crippen LogP) is -0.258. The molecule has 2 aliphatic rings. The van der Waals surface area contributed by atoms with Crippen LogP contribution in [0.2, 0.25) is 0 Å². The van der Waals surface area contributed by atoms with Gasteiger partial charge in [-0.1, -0.05) is 6.92 Å². The third kappa shape index (κ3) is 5.03. The van der Waals surface area contributed by atoms with Crippen molar-refractivity contribution in [3.05, 3.63) is 0 Å². The molecule has 0 spiro atoms. The van der Waals surface area contributed by atoms with E-state index in [0.717, 1.165) is 0 Å². The van der Waals surface area contributed by atoms with Crippen LogP contribution in [-0.2, 0) is 14.4 Å². The summed E-state index contributed by atoms with van der Waals surface area (Å²) in [6.45, 7) is 2.35. The molecule has 4 N–H and O–H groups in total. The van der Waals surface area contributed by atoms with Crippen LogP contribution in [0.25, 0.3) is 0 Å². The number of nitrogens with two attached hydrogens (primary N) is 1. The number of fused-ring (bicyclic) bond motifs is 1. The number of hydrogen-bond acceptors (Lipinski definition) is 6. The Morgan fingerprint density at radius 3 is 2.74 bits per heavy atom. The summed E-state index contributed by atoms with van der Waals surface area (Å²) in [6, 6.07) is -1.91. The highest BCUT2D eigenvalue weighted by molar-refractivity contribution is 5.95. The molecule has 3 atom stereocenters. The van der Waals surface area contributed by atoms with Crippen molar-refractivity contribution in [3.8, 4) is 0 Å². The molecule has 0 unspecified atom stereocenters. The number of carbonyl (C=O) groups excluding carboxylic acids is 4. The molecule has 0 saturated carbocycles. The van der Waals surface area contributed by atoms with E-state index in [-0.39, 0.29) is 36.4 Å². The quantitative estimate of drug-likeness (QED) is 0.413. The molecular formula is C17H28N6O4. The van der Waals surface area contributed by atoms with Crippen molar-refractivity contribution >= 4 is 29.8 Å². The zero-order valence-electron chi connectivity index (χ0n) is 15.8. The Morgan fingerprint density at radius 1 is 1.37 bits per heavy atom. The number of urea groups is 1. The van der Waals surface area contributed by atoms with Crippen molar-refractivity contribution in [1.29, 1.82) is 0 Å². The van der Waals surface area contributed by atoms with Crippen molar-refractivity contribution in [2.24, 2.45) is 16.8 Å². The summed E-state index contributed by atoms with van der Waals surface area (Å²) in [7, 11) is 1.68. The largest absolute Gasteiger partial charge is 0.350 e. The van der Waals surface area contributed by atoms with Crippen LogP contribution in [0.15, 0.2) is 5.10 Å². The van der Waals surface area contributed by atoms with Gasteiger partial charge in [0.25, 0.3) is 5.91 Å². The molecule has 150 valence electrons. The number of hydrogen-bond donors (Lipinski definition) is 3. The molecule has 0 bridgehead atoms. The van der Waals surface area contributed by atoms with Crippen LogP contribution in [-0.4, -0.2) is 65.5 Å². The van der Waals surface area contributed by atoms with Gasteiger partial charge in [0.2, 0.25) is 5.91 Å². The second-order valence-corrected chi connectivity index (χ2v) is 6.83. The highest BCUT2D eigenvalue weighted by Gasteiger charge is 2.43. The number of nitrogens with one attached hydrogen (secondary N) is 2. The monoisotopic (exact) mass is 380 g/mol. The lowest BCUT2D eigenvalue weighted by Gasteiger charge is -2.43. The fourth-order valence-electron chi connectivity index (χ4n) is 3.50. The van der Waals surface area contributed by atoms with Crippen LogP contribution in [0.3, 0.4) is 0 Å². The van der Waals surface area contributed by atoms with Gasteiger partial charge in [-0.3, -0.25) is 19.4 Å². The topological polar surface area (TPSA) is 137 Å². The maximum atomic E-state index is 13.0. The van der Waals surface area contributed by atoms with E-state index in [1.807, 2.05) is 6.92 Å². The third-order valence-electron chi connectivity index (χ3n) is 5.03. The summed E-state index contributed by atoms with van der Waals surface area (Å²) >= 11 is 0. The molecule has 2 aliphatic heterocycles. The zero-order valence-corrected chi connectivity index (χ0v) is 15.8. The van der Waals surface area contributed by atoms with Crippen LogP contribution in [0, 0.1) is 5.92 Å². The molecule has 0 aromatic rings. The van der Waals surface area contributed by atoms with Crippen LogP contribution >= 0.6 is 0 Å². The third-order valence-corrected chi connectivity index (χ3v) is 5.03. The Kier molecular flexibility index (Phi) is 7.28. The molecule has 2 rings (SSSR count). The van der Waals surface area contributed by atoms with Gasteiger partial charge in [0.15, 0.2) is 5.78 Å². The van der Waals surface area contributed by atoms with E-state index in [1.54, 1.807) is 7.05 Å². The first-order valence-corrected chi connectivity index (χ1v) is 9.31. The van der Waals surface area contributed by atoms with Gasteiger partial charge in [-0.05, 0) is 32.7 Å². The molecule has 0 aromatic carbocycles. The highest BCUT2D eigenvalue weighted by atomic mass is 16.2. The maximum Gasteiger partial charge on any atom is 0.332 e. The molecule has 2 fully saturated rings. The average Bonchev–Trinajstić information content (AvgIpc) is 2.77. The summed E-state index contributed by atoms with van der Waals surface area (Å²) < 4.78 is 0. The summed E-state index contributed by atoms with van der Waals surface area (Å²) in [4.78, 5) is 49.0. The predicted molar refractivity (Wildman–Crippen MR) is 98.3 cm³/mol. The number of rotatable bonds is 7. The Morgan fingerprint density at radius 2 is 2.11 bits per heavy atom. The summed E-state index contributed by atoms with van der Waals surface area (Å²) in [5.41, 5.74) is 7.08. The van der Waals surface area contributed by atoms with Crippen molar-refractivity contribution in [1.82, 2.24) is 20.8 Å². The smallest absolute Gasteiger partial charge is 0.332 e. The first-order chi connectivity index (χ1) is 12.9. The fraction of sp³-hybridized carbons (Fsp3) is 0.706. The van der Waals surface area contributed by atoms with Crippen LogP contribution in [0.4, 0.5) is 4.79 Å². The summed E-state index contributed by atoms with van der Waals surface area (Å²) in [5.74, 6) is -0.677. The lowest BCUT2D eigenvalue weighted by atomic mass is 9.93. The lowest BCUT2D eigenvalue weighted by molar-refractivity contribution is -0.175. The van der Waals surface area contributed by atoms with Crippen molar-refractivity contribution in [2.45, 2.75) is 57.5 Å². The number of hydrazine groups is 1. The van der Waals surface area contributed by atoms with Gasteiger partial charge in [-0.2, -0.15) is 5.10 Å². The van der Waals surface area contributed by atoms with Gasteiger partial charge >= 0.3 is 6.03 Å². The minimum Gasteiger partial charge on any atom is -0.350 e. The van der Waals surface area contributed by atoms with Crippen LogP contribution in [0.5, 0.6) is 0 Å². The molecule has 2 heterocycles. The number of primary amides is 1. The number of likely N-dealkylation sites (N-methyl/N-ethyl adjacent to an activating group) is 1. The Bertz CT molecular complexity index is 623. The summed E-state index contributed by atoms with van der Waals surface area (Å²) in [5, 5.41) is 9.48. The molecule has 0 radical (unpaired) electrons. The minimum absolute atomic E-state index is 0.116. The second kappa shape index (κ2) is 9.45. The van der Waals surface area contributed by atoms with E-state index >= 15 is 0 Å². The Balaban J connectivity index is 2.15. The standard InChI is InChI=1S/C17H28N6O4/c1-3-11(10-20-21-17(18)27)9-14(24)13-5-4-8-22-15(25)7-6-12(19-2)16(26)23(13)22/h10-13,19H,3-9H2,1-2H3,(H3,18,21,27)/b20-10-/t11-,12+,13+/m1/s1. The van der Waals surface area contributed by atoms with E-state index in [0.29, 0.717) is 32.2 Å². The number of hydrazone groups is 1. The highest BCUT2D eigenvalue weighted by Crippen LogP contribution is 2.26. The second-order valence-electron chi connectivity index (χ2n) is 6.83. The lowest BCUT2D eigenvalue weighted by Crippen LogP contribution is -2.61. The van der Waals surface area contributed by atoms with Crippen LogP contribution < -0.4 is 16.5 Å². The molecule has 0 aromatic heterocycles. The van der Waals surface area contributed by atoms with Crippen molar-refractivity contribution in [2.75, 3.05) is 13.6 Å². The van der Waals surface area contributed by atoms with Crippen LogP contribution in [0.1, 0.15) is 45.4 Å². The number of Topliss-reactive ketones (excluding diaryl/α,β-unsaturated/α-hetero) is 1. The fourth-order valence-corrected chi connectivity index (χ4v) is 3.50. The number of carbonyl (C=O) groups is 4. The van der Waals surface area contributed by atoms with Gasteiger partial charge in [-0.15, -0.1) is 0 Å². The van der Waals surface area contributed by atoms with Gasteiger partial charge in [0.1, 0.15) is 6.04 Å². The normalized spacial score (nSPS) is 24.5. The van der Waals surface area contributed by atoms with E-state index in [9.17, 15) is 19.2 Å². The van der Waals surface area contributed by atoms with E-state index in [1.165, 1.54) is 16.2 Å². The molecule has 2 saturated heterocycles. The van der Waals surface area contributed by atoms with Gasteiger partial charge in [0.05, 0.1) is 6.04 Å². The molecule has 10 heteroatoms. The number of amides is 4. The number of nitrogens with zero attached hydrogens (tertiary/aromatic N) is 3. The molecule has 27 heavy (non-hydrogen) atoms. The van der Waals surface area contributed by atoms with E-state index < -0.39 is 18.1 Å². The Labute approximate surface area is 158 Å². The minimum atomic E-state index is -0.776. The first kappa shape index (κ1) is 20.8. The van der Waals surface area contributed by atoms with E-state index in [2.05, 4.69) is 15.8 Å². The molecular weight excluding hydrogens is 352 g/mol. The molecule has 10 nitrogen and oxygen atoms in total. The first-order valence-electron chi connectivity index (χ1n) is 9.31. The number of ketones is 1. The van der Waals surface area contributed by atoms with Gasteiger partial charge in [-0.25, -0.2) is 15.2 Å². The van der Waals surface area contributed by atoms with Gasteiger partial charge < -0.3 is 11.1 Å². The van der Waals surface area contributed by atoms with Crippen molar-refractivity contribution in [3.63, 3.8) is 0 Å². The Hall–Kier alpha value is -2.49. The van der Waals surface area contributed by atoms with Crippen molar-refractivity contribution < 1.29 is 19.2 Å². The van der Waals surface area contributed by atoms with Gasteiger partial charge in [0, 0.05) is 31.5 Å². The SMILES string of the molecule is CC[C@@H](/C=N\NC(N)=O)CC(=O)[C@@H]1CCCN2C(=O)CC[C@H](NC)C(=O)N12. The molecule has 4 amide bonds. The zero-order chi connectivity index (χ0) is 20.0. The van der Waals surface area contributed by atoms with E-state index in [4.69, 9.17) is 5.73 Å². The summed E-state index contributed by atoms with van der Waals surface area (Å²) in [6.07, 6.45) is 4.18.